The summed E-state index contributed by atoms with van der Waals surface area (Å²) in [4.78, 5) is 18.1. The van der Waals surface area contributed by atoms with Crippen LogP contribution in [0.1, 0.15) is 19.8 Å². The van der Waals surface area contributed by atoms with Crippen LogP contribution in [-0.4, -0.2) is 19.2 Å². The van der Waals surface area contributed by atoms with E-state index in [1.807, 2.05) is 96.0 Å². The number of hydrazine groups is 1. The van der Waals surface area contributed by atoms with Crippen molar-refractivity contribution in [2.45, 2.75) is 19.8 Å². The second-order valence-electron chi connectivity index (χ2n) is 6.44. The summed E-state index contributed by atoms with van der Waals surface area (Å²) in [5.74, 6) is -0.388. The molecular weight excluding hydrogens is 364 g/mol. The van der Waals surface area contributed by atoms with Crippen molar-refractivity contribution in [2.24, 2.45) is 0 Å². The second kappa shape index (κ2) is 10.9. The van der Waals surface area contributed by atoms with Crippen molar-refractivity contribution in [1.29, 1.82) is 0 Å². The molecule has 0 amide bonds. The molecule has 0 radical (unpaired) electrons. The quantitative estimate of drug-likeness (QED) is 0.259. The van der Waals surface area contributed by atoms with Crippen LogP contribution in [0.15, 0.2) is 91.0 Å². The summed E-state index contributed by atoms with van der Waals surface area (Å²) in [6.07, 6.45) is 1.81. The van der Waals surface area contributed by atoms with Gasteiger partial charge in [0.15, 0.2) is 6.61 Å². The topological polar surface area (TPSA) is 42.0 Å². The van der Waals surface area contributed by atoms with Crippen LogP contribution < -0.4 is 10.2 Å². The SMILES string of the molecule is CCCCOC(=O)CON(c1ccccc1)N(c1ccccc1)c1ccccc1. The van der Waals surface area contributed by atoms with Gasteiger partial charge in [-0.3, -0.25) is 0 Å². The highest BCUT2D eigenvalue weighted by molar-refractivity contribution is 5.72. The number of unbranched alkanes of at least 4 members (excludes halogenated alkanes) is 1. The molecule has 0 fully saturated rings. The molecule has 0 aliphatic heterocycles. The lowest BCUT2D eigenvalue weighted by atomic mass is 10.2. The molecule has 0 atom stereocenters. The van der Waals surface area contributed by atoms with Gasteiger partial charge in [-0.2, -0.15) is 5.17 Å². The van der Waals surface area contributed by atoms with Crippen LogP contribution >= 0.6 is 0 Å². The van der Waals surface area contributed by atoms with Gasteiger partial charge in [-0.1, -0.05) is 67.9 Å². The van der Waals surface area contributed by atoms with E-state index >= 15 is 0 Å². The lowest BCUT2D eigenvalue weighted by Crippen LogP contribution is -2.41. The molecule has 5 nitrogen and oxygen atoms in total. The Morgan fingerprint density at radius 1 is 0.759 bits per heavy atom. The van der Waals surface area contributed by atoms with Gasteiger partial charge < -0.3 is 4.74 Å². The molecule has 0 aliphatic rings. The van der Waals surface area contributed by atoms with Crippen LogP contribution in [0, 0.1) is 0 Å². The predicted octanol–water partition coefficient (Wildman–Crippen LogP) is 5.52. The van der Waals surface area contributed by atoms with E-state index in [0.717, 1.165) is 29.9 Å². The van der Waals surface area contributed by atoms with Gasteiger partial charge in [0.2, 0.25) is 0 Å². The molecule has 29 heavy (non-hydrogen) atoms. The molecule has 0 aliphatic carbocycles. The molecule has 0 saturated carbocycles. The average Bonchev–Trinajstić information content (AvgIpc) is 2.78. The zero-order valence-electron chi connectivity index (χ0n) is 16.6. The molecule has 0 bridgehead atoms. The van der Waals surface area contributed by atoms with Crippen LogP contribution in [0.5, 0.6) is 0 Å². The van der Waals surface area contributed by atoms with Gasteiger partial charge in [-0.25, -0.2) is 14.6 Å². The zero-order valence-corrected chi connectivity index (χ0v) is 16.6. The minimum atomic E-state index is -0.388. The van der Waals surface area contributed by atoms with Crippen molar-refractivity contribution < 1.29 is 14.4 Å². The number of hydrogen-bond acceptors (Lipinski definition) is 5. The van der Waals surface area contributed by atoms with Crippen LogP contribution in [-0.2, 0) is 14.4 Å². The first-order valence-electron chi connectivity index (χ1n) is 9.83. The van der Waals surface area contributed by atoms with E-state index in [1.165, 1.54) is 0 Å². The Morgan fingerprint density at radius 3 is 1.72 bits per heavy atom. The van der Waals surface area contributed by atoms with E-state index in [4.69, 9.17) is 9.57 Å². The maximum absolute atomic E-state index is 12.2. The number of nitrogens with zero attached hydrogens (tertiary/aromatic N) is 2. The molecule has 0 unspecified atom stereocenters. The van der Waals surface area contributed by atoms with Gasteiger partial charge in [0.25, 0.3) is 0 Å². The summed E-state index contributed by atoms with van der Waals surface area (Å²) in [6, 6.07) is 29.4. The number of carbonyl (C=O) groups is 1. The smallest absolute Gasteiger partial charge is 0.334 e. The van der Waals surface area contributed by atoms with E-state index in [9.17, 15) is 4.79 Å². The minimum absolute atomic E-state index is 0.186. The van der Waals surface area contributed by atoms with Gasteiger partial charge in [0.05, 0.1) is 23.7 Å². The Balaban J connectivity index is 1.90. The Hall–Kier alpha value is -3.31. The fourth-order valence-corrected chi connectivity index (χ4v) is 2.79. The number of para-hydroxylation sites is 3. The van der Waals surface area contributed by atoms with Gasteiger partial charge in [0.1, 0.15) is 0 Å². The first-order chi connectivity index (χ1) is 14.3. The third kappa shape index (κ3) is 5.83. The van der Waals surface area contributed by atoms with Crippen LogP contribution in [0.4, 0.5) is 17.1 Å². The zero-order chi connectivity index (χ0) is 20.3. The number of hydrogen-bond donors (Lipinski definition) is 0. The van der Waals surface area contributed by atoms with Gasteiger partial charge in [-0.05, 0) is 42.8 Å². The van der Waals surface area contributed by atoms with Gasteiger partial charge in [-0.15, -0.1) is 0 Å². The van der Waals surface area contributed by atoms with Crippen molar-refractivity contribution in [3.05, 3.63) is 91.0 Å². The summed E-state index contributed by atoms with van der Waals surface area (Å²) in [5, 5.41) is 3.56. The molecule has 0 aromatic heterocycles. The molecule has 0 N–H and O–H groups in total. The first-order valence-corrected chi connectivity index (χ1v) is 9.83. The lowest BCUT2D eigenvalue weighted by molar-refractivity contribution is -0.149. The summed E-state index contributed by atoms with van der Waals surface area (Å²) in [6.45, 7) is 2.28. The fourth-order valence-electron chi connectivity index (χ4n) is 2.79. The van der Waals surface area contributed by atoms with E-state index in [-0.39, 0.29) is 12.6 Å². The van der Waals surface area contributed by atoms with Crippen molar-refractivity contribution in [1.82, 2.24) is 0 Å². The molecule has 0 heterocycles. The summed E-state index contributed by atoms with van der Waals surface area (Å²) >= 11 is 0. The Kier molecular flexibility index (Phi) is 7.66. The third-order valence-corrected chi connectivity index (χ3v) is 4.23. The molecule has 3 rings (SSSR count). The Morgan fingerprint density at radius 2 is 1.24 bits per heavy atom. The van der Waals surface area contributed by atoms with Crippen LogP contribution in [0.25, 0.3) is 0 Å². The lowest BCUT2D eigenvalue weighted by Gasteiger charge is -2.36. The number of benzene rings is 3. The maximum atomic E-state index is 12.2. The number of carbonyl (C=O) groups excluding carboxylic acids is 1. The van der Waals surface area contributed by atoms with Crippen molar-refractivity contribution in [3.63, 3.8) is 0 Å². The molecule has 150 valence electrons. The first kappa shape index (κ1) is 20.4. The Bertz CT molecular complexity index is 818. The van der Waals surface area contributed by atoms with Gasteiger partial charge in [0, 0.05) is 0 Å². The highest BCUT2D eigenvalue weighted by atomic mass is 16.7. The monoisotopic (exact) mass is 390 g/mol. The second-order valence-corrected chi connectivity index (χ2v) is 6.44. The molecule has 0 saturated heterocycles. The van der Waals surface area contributed by atoms with Crippen molar-refractivity contribution in [2.75, 3.05) is 23.4 Å². The minimum Gasteiger partial charge on any atom is -0.464 e. The molecule has 3 aromatic rings. The van der Waals surface area contributed by atoms with E-state index in [2.05, 4.69) is 6.92 Å². The standard InChI is InChI=1S/C24H26N2O3/c1-2-3-19-28-24(27)20-29-26(23-17-11-6-12-18-23)25(21-13-7-4-8-14-21)22-15-9-5-10-16-22/h4-18H,2-3,19-20H2,1H3. The largest absolute Gasteiger partial charge is 0.464 e. The van der Waals surface area contributed by atoms with Crippen LogP contribution in [0.3, 0.4) is 0 Å². The molecule has 0 spiro atoms. The normalized spacial score (nSPS) is 10.4. The number of rotatable bonds is 10. The third-order valence-electron chi connectivity index (χ3n) is 4.23. The van der Waals surface area contributed by atoms with E-state index < -0.39 is 0 Å². The summed E-state index contributed by atoms with van der Waals surface area (Å²) in [7, 11) is 0. The maximum Gasteiger partial charge on any atom is 0.334 e. The van der Waals surface area contributed by atoms with E-state index in [0.29, 0.717) is 6.61 Å². The van der Waals surface area contributed by atoms with Crippen molar-refractivity contribution >= 4 is 23.0 Å². The fraction of sp³-hybridized carbons (Fsp3) is 0.208. The summed E-state index contributed by atoms with van der Waals surface area (Å²) < 4.78 is 5.25. The average molecular weight is 390 g/mol. The molecular formula is C24H26N2O3. The number of ether oxygens (including phenoxy) is 1. The molecule has 3 aromatic carbocycles. The van der Waals surface area contributed by atoms with Crippen molar-refractivity contribution in [3.8, 4) is 0 Å². The molecule has 5 heteroatoms. The Labute approximate surface area is 172 Å². The van der Waals surface area contributed by atoms with E-state index in [1.54, 1.807) is 5.17 Å². The predicted molar refractivity (Wildman–Crippen MR) is 116 cm³/mol. The highest BCUT2D eigenvalue weighted by Gasteiger charge is 2.21. The highest BCUT2D eigenvalue weighted by Crippen LogP contribution is 2.30. The van der Waals surface area contributed by atoms with Crippen LogP contribution in [0.2, 0.25) is 0 Å². The number of anilines is 3. The summed E-state index contributed by atoms with van der Waals surface area (Å²) in [5.41, 5.74) is 2.60. The number of esters is 1. The van der Waals surface area contributed by atoms with Gasteiger partial charge >= 0.3 is 5.97 Å².